The van der Waals surface area contributed by atoms with E-state index in [2.05, 4.69) is 9.98 Å². The molecule has 3 aromatic carbocycles. The molecular weight excluding hydrogens is 380 g/mol. The molecule has 6 nitrogen and oxygen atoms in total. The van der Waals surface area contributed by atoms with Crippen molar-refractivity contribution >= 4 is 22.7 Å². The van der Waals surface area contributed by atoms with Crippen molar-refractivity contribution in [2.24, 2.45) is 4.99 Å². The third-order valence-corrected chi connectivity index (χ3v) is 4.37. The molecular formula is C21H13F2N3O3. The van der Waals surface area contributed by atoms with Gasteiger partial charge >= 0.3 is 5.69 Å². The lowest BCUT2D eigenvalue weighted by Crippen LogP contribution is -2.31. The first-order chi connectivity index (χ1) is 14.0. The Balaban J connectivity index is 1.91. The second-order valence-electron chi connectivity index (χ2n) is 6.18. The monoisotopic (exact) mass is 393 g/mol. The lowest BCUT2D eigenvalue weighted by Gasteiger charge is -2.12. The highest BCUT2D eigenvalue weighted by Gasteiger charge is 2.16. The molecule has 0 aliphatic heterocycles. The van der Waals surface area contributed by atoms with Crippen molar-refractivity contribution in [3.63, 3.8) is 0 Å². The minimum absolute atomic E-state index is 0.229. The molecule has 0 radical (unpaired) electrons. The summed E-state index contributed by atoms with van der Waals surface area (Å²) in [6.07, 6.45) is 0.922. The molecule has 0 saturated carbocycles. The number of hydrogen-bond acceptors (Lipinski definition) is 4. The van der Waals surface area contributed by atoms with Crippen LogP contribution in [-0.2, 0) is 0 Å². The first-order valence-electron chi connectivity index (χ1n) is 8.51. The van der Waals surface area contributed by atoms with E-state index in [1.54, 1.807) is 24.3 Å². The lowest BCUT2D eigenvalue weighted by atomic mass is 10.1. The number of aliphatic imine (C=N–C) groups is 1. The number of rotatable bonds is 3. The van der Waals surface area contributed by atoms with Crippen LogP contribution in [-0.4, -0.2) is 20.9 Å². The van der Waals surface area contributed by atoms with Crippen LogP contribution in [0.4, 0.5) is 14.5 Å². The van der Waals surface area contributed by atoms with E-state index in [1.165, 1.54) is 0 Å². The third-order valence-electron chi connectivity index (χ3n) is 4.37. The number of nitrogens with zero attached hydrogens (tertiary/aromatic N) is 2. The SMILES string of the molecule is O=c1[nH]c(=O)n(-c2cccc3ccccc23)c(O)c1C=Nc1ccc(F)cc1F. The molecule has 0 bridgehead atoms. The fourth-order valence-electron chi connectivity index (χ4n) is 3.00. The van der Waals surface area contributed by atoms with Gasteiger partial charge in [-0.1, -0.05) is 36.4 Å². The highest BCUT2D eigenvalue weighted by molar-refractivity contribution is 5.91. The summed E-state index contributed by atoms with van der Waals surface area (Å²) in [6, 6.07) is 15.1. The number of aromatic amines is 1. The second kappa shape index (κ2) is 7.16. The van der Waals surface area contributed by atoms with Crippen LogP contribution < -0.4 is 11.2 Å². The highest BCUT2D eigenvalue weighted by Crippen LogP contribution is 2.25. The van der Waals surface area contributed by atoms with Crippen molar-refractivity contribution in [2.45, 2.75) is 0 Å². The molecule has 4 rings (SSSR count). The maximum Gasteiger partial charge on any atom is 0.335 e. The van der Waals surface area contributed by atoms with Gasteiger partial charge in [0.05, 0.1) is 11.4 Å². The molecule has 0 atom stereocenters. The Labute approximate surface area is 162 Å². The number of aromatic hydroxyl groups is 1. The van der Waals surface area contributed by atoms with Crippen molar-refractivity contribution in [1.82, 2.24) is 9.55 Å². The van der Waals surface area contributed by atoms with Crippen LogP contribution in [0.25, 0.3) is 16.5 Å². The molecule has 1 aromatic heterocycles. The molecule has 0 fully saturated rings. The van der Waals surface area contributed by atoms with Crippen LogP contribution >= 0.6 is 0 Å². The molecule has 4 aromatic rings. The summed E-state index contributed by atoms with van der Waals surface area (Å²) in [7, 11) is 0. The Bertz CT molecular complexity index is 1390. The van der Waals surface area contributed by atoms with E-state index in [0.29, 0.717) is 17.1 Å². The summed E-state index contributed by atoms with van der Waals surface area (Å²) in [4.78, 5) is 30.5. The van der Waals surface area contributed by atoms with E-state index < -0.39 is 28.8 Å². The Kier molecular flexibility index (Phi) is 4.52. The topological polar surface area (TPSA) is 87.5 Å². The van der Waals surface area contributed by atoms with E-state index in [9.17, 15) is 23.5 Å². The van der Waals surface area contributed by atoms with E-state index in [0.717, 1.165) is 28.3 Å². The number of H-pyrrole nitrogens is 1. The van der Waals surface area contributed by atoms with E-state index in [4.69, 9.17) is 0 Å². The van der Waals surface area contributed by atoms with E-state index in [1.807, 2.05) is 18.2 Å². The quantitative estimate of drug-likeness (QED) is 0.523. The van der Waals surface area contributed by atoms with E-state index >= 15 is 0 Å². The normalized spacial score (nSPS) is 11.4. The maximum absolute atomic E-state index is 13.8. The maximum atomic E-state index is 13.8. The van der Waals surface area contributed by atoms with Gasteiger partial charge in [-0.3, -0.25) is 14.8 Å². The second-order valence-corrected chi connectivity index (χ2v) is 6.18. The average molecular weight is 393 g/mol. The first-order valence-corrected chi connectivity index (χ1v) is 8.51. The Morgan fingerprint density at radius 1 is 1.00 bits per heavy atom. The van der Waals surface area contributed by atoms with Crippen molar-refractivity contribution in [1.29, 1.82) is 0 Å². The molecule has 0 aliphatic rings. The van der Waals surface area contributed by atoms with Crippen molar-refractivity contribution in [3.8, 4) is 11.6 Å². The smallest absolute Gasteiger partial charge is 0.335 e. The number of nitrogens with one attached hydrogen (secondary N) is 1. The van der Waals surface area contributed by atoms with Gasteiger partial charge in [-0.15, -0.1) is 0 Å². The number of aromatic nitrogens is 2. The Morgan fingerprint density at radius 3 is 2.55 bits per heavy atom. The van der Waals surface area contributed by atoms with Crippen molar-refractivity contribution in [2.75, 3.05) is 0 Å². The summed E-state index contributed by atoms with van der Waals surface area (Å²) in [5.41, 5.74) is -1.96. The molecule has 0 saturated heterocycles. The minimum Gasteiger partial charge on any atom is -0.493 e. The van der Waals surface area contributed by atoms with Crippen LogP contribution in [0, 0.1) is 11.6 Å². The van der Waals surface area contributed by atoms with Gasteiger partial charge in [-0.25, -0.2) is 18.1 Å². The fourth-order valence-corrected chi connectivity index (χ4v) is 3.00. The standard InChI is InChI=1S/C21H13F2N3O3/c22-13-8-9-17(16(23)10-13)24-11-15-19(27)25-21(29)26(20(15)28)18-7-3-5-12-4-1-2-6-14(12)18/h1-11,28H,(H,25,27,29). The fraction of sp³-hybridized carbons (Fsp3) is 0. The number of fused-ring (bicyclic) bond motifs is 1. The van der Waals surface area contributed by atoms with Gasteiger partial charge in [0.2, 0.25) is 5.88 Å². The molecule has 0 unspecified atom stereocenters. The average Bonchev–Trinajstić information content (AvgIpc) is 2.69. The molecule has 29 heavy (non-hydrogen) atoms. The van der Waals surface area contributed by atoms with Gasteiger partial charge in [0.15, 0.2) is 5.82 Å². The molecule has 0 aliphatic carbocycles. The third kappa shape index (κ3) is 3.31. The van der Waals surface area contributed by atoms with Gasteiger partial charge in [-0.05, 0) is 23.6 Å². The van der Waals surface area contributed by atoms with Gasteiger partial charge in [-0.2, -0.15) is 0 Å². The van der Waals surface area contributed by atoms with E-state index in [-0.39, 0.29) is 11.3 Å². The zero-order chi connectivity index (χ0) is 20.5. The van der Waals surface area contributed by atoms with Crippen LogP contribution in [0.3, 0.4) is 0 Å². The zero-order valence-corrected chi connectivity index (χ0v) is 14.8. The summed E-state index contributed by atoms with van der Waals surface area (Å²) in [5.74, 6) is -2.35. The molecule has 1 heterocycles. The number of hydrogen-bond donors (Lipinski definition) is 2. The minimum atomic E-state index is -0.931. The van der Waals surface area contributed by atoms with Crippen LogP contribution in [0.5, 0.6) is 5.88 Å². The van der Waals surface area contributed by atoms with Crippen molar-refractivity contribution < 1.29 is 13.9 Å². The molecule has 2 N–H and O–H groups in total. The van der Waals surface area contributed by atoms with Crippen LogP contribution in [0.2, 0.25) is 0 Å². The number of benzene rings is 3. The highest BCUT2D eigenvalue weighted by atomic mass is 19.1. The lowest BCUT2D eigenvalue weighted by molar-refractivity contribution is 0.430. The largest absolute Gasteiger partial charge is 0.493 e. The summed E-state index contributed by atoms with van der Waals surface area (Å²) >= 11 is 0. The molecule has 144 valence electrons. The van der Waals surface area contributed by atoms with Crippen LogP contribution in [0.1, 0.15) is 5.56 Å². The zero-order valence-electron chi connectivity index (χ0n) is 14.8. The predicted octanol–water partition coefficient (Wildman–Crippen LogP) is 3.41. The van der Waals surface area contributed by atoms with Gasteiger partial charge in [0.1, 0.15) is 11.4 Å². The Morgan fingerprint density at radius 2 is 1.76 bits per heavy atom. The van der Waals surface area contributed by atoms with Crippen molar-refractivity contribution in [3.05, 3.63) is 98.7 Å². The predicted molar refractivity (Wildman–Crippen MR) is 105 cm³/mol. The van der Waals surface area contributed by atoms with Crippen LogP contribution in [0.15, 0.2) is 75.2 Å². The number of halogens is 2. The van der Waals surface area contributed by atoms with Gasteiger partial charge in [0.25, 0.3) is 5.56 Å². The molecule has 0 spiro atoms. The first kappa shape index (κ1) is 18.3. The molecule has 0 amide bonds. The summed E-state index contributed by atoms with van der Waals surface area (Å²) < 4.78 is 27.7. The summed E-state index contributed by atoms with van der Waals surface area (Å²) in [5, 5.41) is 12.2. The molecule has 8 heteroatoms. The summed E-state index contributed by atoms with van der Waals surface area (Å²) in [6.45, 7) is 0. The van der Waals surface area contributed by atoms with Gasteiger partial charge in [0, 0.05) is 17.7 Å². The van der Waals surface area contributed by atoms with Gasteiger partial charge < -0.3 is 5.11 Å². The Hall–Kier alpha value is -4.07.